The first-order valence-electron chi connectivity index (χ1n) is 7.15. The Morgan fingerprint density at radius 1 is 1.26 bits per heavy atom. The molecule has 0 atom stereocenters. The Morgan fingerprint density at radius 3 is 2.87 bits per heavy atom. The monoisotopic (exact) mass is 310 g/mol. The van der Waals surface area contributed by atoms with Gasteiger partial charge in [0, 0.05) is 30.1 Å². The van der Waals surface area contributed by atoms with E-state index in [-0.39, 0.29) is 11.7 Å². The van der Waals surface area contributed by atoms with Crippen molar-refractivity contribution >= 4 is 5.91 Å². The molecule has 4 nitrogen and oxygen atoms in total. The predicted octanol–water partition coefficient (Wildman–Crippen LogP) is 3.72. The van der Waals surface area contributed by atoms with Crippen LogP contribution in [0.4, 0.5) is 4.39 Å². The molecule has 0 unspecified atom stereocenters. The van der Waals surface area contributed by atoms with Crippen molar-refractivity contribution in [3.05, 3.63) is 77.6 Å². The number of hydrogen-bond acceptors (Lipinski definition) is 3. The molecule has 116 valence electrons. The maximum Gasteiger partial charge on any atom is 0.251 e. The molecule has 0 aliphatic heterocycles. The zero-order valence-corrected chi connectivity index (χ0v) is 12.5. The second kappa shape index (κ2) is 6.44. The maximum atomic E-state index is 13.5. The highest BCUT2D eigenvalue weighted by Gasteiger charge is 2.09. The summed E-state index contributed by atoms with van der Waals surface area (Å²) in [4.78, 5) is 16.2. The summed E-state index contributed by atoms with van der Waals surface area (Å²) >= 11 is 0. The Balaban J connectivity index is 1.69. The van der Waals surface area contributed by atoms with Crippen molar-refractivity contribution in [2.45, 2.75) is 13.5 Å². The van der Waals surface area contributed by atoms with E-state index in [1.54, 1.807) is 43.8 Å². The van der Waals surface area contributed by atoms with Gasteiger partial charge in [-0.3, -0.25) is 9.78 Å². The van der Waals surface area contributed by atoms with Crippen molar-refractivity contribution in [1.29, 1.82) is 0 Å². The van der Waals surface area contributed by atoms with Crippen molar-refractivity contribution in [1.82, 2.24) is 10.3 Å². The number of nitrogens with zero attached hydrogens (tertiary/aromatic N) is 1. The molecule has 0 spiro atoms. The minimum Gasteiger partial charge on any atom is -0.464 e. The van der Waals surface area contributed by atoms with E-state index in [2.05, 4.69) is 10.3 Å². The molecule has 1 aromatic carbocycles. The van der Waals surface area contributed by atoms with Gasteiger partial charge >= 0.3 is 0 Å². The molecular formula is C18H15FN2O2. The largest absolute Gasteiger partial charge is 0.464 e. The third kappa shape index (κ3) is 3.45. The molecular weight excluding hydrogens is 295 g/mol. The molecule has 0 fully saturated rings. The van der Waals surface area contributed by atoms with Gasteiger partial charge in [0.2, 0.25) is 0 Å². The summed E-state index contributed by atoms with van der Waals surface area (Å²) in [5, 5.41) is 2.76. The SMILES string of the molecule is Cc1ccc(C(=O)NCc2cncc(-c3ccco3)c2)cc1F. The van der Waals surface area contributed by atoms with Crippen LogP contribution in [0, 0.1) is 12.7 Å². The summed E-state index contributed by atoms with van der Waals surface area (Å²) < 4.78 is 18.8. The second-order valence-corrected chi connectivity index (χ2v) is 5.21. The third-order valence-corrected chi connectivity index (χ3v) is 3.49. The van der Waals surface area contributed by atoms with E-state index in [0.717, 1.165) is 11.1 Å². The molecule has 0 radical (unpaired) electrons. The molecule has 1 amide bonds. The third-order valence-electron chi connectivity index (χ3n) is 3.49. The van der Waals surface area contributed by atoms with E-state index in [9.17, 15) is 9.18 Å². The highest BCUT2D eigenvalue weighted by Crippen LogP contribution is 2.19. The smallest absolute Gasteiger partial charge is 0.251 e. The molecule has 2 aromatic heterocycles. The Hall–Kier alpha value is -2.95. The van der Waals surface area contributed by atoms with Gasteiger partial charge in [-0.15, -0.1) is 0 Å². The van der Waals surface area contributed by atoms with Crippen LogP contribution in [-0.2, 0) is 6.54 Å². The Labute approximate surface area is 133 Å². The first-order chi connectivity index (χ1) is 11.1. The molecule has 0 aliphatic carbocycles. The number of hydrogen-bond donors (Lipinski definition) is 1. The molecule has 23 heavy (non-hydrogen) atoms. The van der Waals surface area contributed by atoms with E-state index in [1.807, 2.05) is 12.1 Å². The highest BCUT2D eigenvalue weighted by atomic mass is 19.1. The fourth-order valence-corrected chi connectivity index (χ4v) is 2.18. The van der Waals surface area contributed by atoms with Crippen molar-refractivity contribution < 1.29 is 13.6 Å². The Morgan fingerprint density at radius 2 is 2.13 bits per heavy atom. The van der Waals surface area contributed by atoms with E-state index in [1.165, 1.54) is 6.07 Å². The molecule has 0 aliphatic rings. The number of pyridine rings is 1. The minimum atomic E-state index is -0.390. The number of aromatic nitrogens is 1. The van der Waals surface area contributed by atoms with Crippen molar-refractivity contribution in [2.75, 3.05) is 0 Å². The number of carbonyl (C=O) groups excluding carboxylic acids is 1. The lowest BCUT2D eigenvalue weighted by molar-refractivity contribution is 0.0950. The van der Waals surface area contributed by atoms with Gasteiger partial charge in [-0.05, 0) is 48.4 Å². The van der Waals surface area contributed by atoms with Crippen LogP contribution < -0.4 is 5.32 Å². The number of nitrogens with one attached hydrogen (secondary N) is 1. The molecule has 0 bridgehead atoms. The van der Waals surface area contributed by atoms with Crippen LogP contribution in [0.2, 0.25) is 0 Å². The van der Waals surface area contributed by atoms with Crippen LogP contribution in [0.3, 0.4) is 0 Å². The van der Waals surface area contributed by atoms with Gasteiger partial charge in [0.25, 0.3) is 5.91 Å². The lowest BCUT2D eigenvalue weighted by atomic mass is 10.1. The lowest BCUT2D eigenvalue weighted by Gasteiger charge is -2.07. The van der Waals surface area contributed by atoms with Crippen LogP contribution in [0.15, 0.2) is 59.5 Å². The summed E-state index contributed by atoms with van der Waals surface area (Å²) in [5.41, 5.74) is 2.48. The number of halogens is 1. The first kappa shape index (κ1) is 15.0. The number of carbonyl (C=O) groups is 1. The van der Waals surface area contributed by atoms with Crippen LogP contribution in [0.5, 0.6) is 0 Å². The lowest BCUT2D eigenvalue weighted by Crippen LogP contribution is -2.23. The summed E-state index contributed by atoms with van der Waals surface area (Å²) in [5.74, 6) is -0.00211. The van der Waals surface area contributed by atoms with E-state index in [0.29, 0.717) is 23.4 Å². The molecule has 3 aromatic rings. The Bertz CT molecular complexity index is 829. The molecule has 2 heterocycles. The minimum absolute atomic E-state index is 0.295. The van der Waals surface area contributed by atoms with E-state index < -0.39 is 0 Å². The van der Waals surface area contributed by atoms with Crippen LogP contribution in [-0.4, -0.2) is 10.9 Å². The number of benzene rings is 1. The van der Waals surface area contributed by atoms with Crippen molar-refractivity contribution in [3.8, 4) is 11.3 Å². The molecule has 5 heteroatoms. The summed E-state index contributed by atoms with van der Waals surface area (Å²) in [6, 6.07) is 9.96. The van der Waals surface area contributed by atoms with E-state index >= 15 is 0 Å². The number of rotatable bonds is 4. The molecule has 3 rings (SSSR count). The maximum absolute atomic E-state index is 13.5. The predicted molar refractivity (Wildman–Crippen MR) is 84.2 cm³/mol. The highest BCUT2D eigenvalue weighted by molar-refractivity contribution is 5.94. The number of aryl methyl sites for hydroxylation is 1. The standard InChI is InChI=1S/C18H15FN2O2/c1-12-4-5-14(8-16(12)19)18(22)21-10-13-7-15(11-20-9-13)17-3-2-6-23-17/h2-9,11H,10H2,1H3,(H,21,22). The van der Waals surface area contributed by atoms with Crippen molar-refractivity contribution in [2.24, 2.45) is 0 Å². The van der Waals surface area contributed by atoms with Crippen LogP contribution in [0.1, 0.15) is 21.5 Å². The molecule has 1 N–H and O–H groups in total. The van der Waals surface area contributed by atoms with Gasteiger partial charge in [-0.1, -0.05) is 6.07 Å². The van der Waals surface area contributed by atoms with Crippen LogP contribution >= 0.6 is 0 Å². The second-order valence-electron chi connectivity index (χ2n) is 5.21. The normalized spacial score (nSPS) is 10.5. The number of amides is 1. The summed E-state index contributed by atoms with van der Waals surface area (Å²) in [7, 11) is 0. The average Bonchev–Trinajstić information content (AvgIpc) is 3.10. The quantitative estimate of drug-likeness (QED) is 0.799. The van der Waals surface area contributed by atoms with Crippen molar-refractivity contribution in [3.63, 3.8) is 0 Å². The van der Waals surface area contributed by atoms with Gasteiger partial charge in [0.15, 0.2) is 0 Å². The topological polar surface area (TPSA) is 55.1 Å². The first-order valence-corrected chi connectivity index (χ1v) is 7.15. The van der Waals surface area contributed by atoms with Gasteiger partial charge in [-0.25, -0.2) is 4.39 Å². The summed E-state index contributed by atoms with van der Waals surface area (Å²) in [6.45, 7) is 1.96. The van der Waals surface area contributed by atoms with E-state index in [4.69, 9.17) is 4.42 Å². The van der Waals surface area contributed by atoms with Gasteiger partial charge in [0.1, 0.15) is 11.6 Å². The molecule has 0 saturated carbocycles. The van der Waals surface area contributed by atoms with Crippen LogP contribution in [0.25, 0.3) is 11.3 Å². The Kier molecular flexibility index (Phi) is 4.19. The average molecular weight is 310 g/mol. The fraction of sp³-hybridized carbons (Fsp3) is 0.111. The zero-order valence-electron chi connectivity index (χ0n) is 12.5. The van der Waals surface area contributed by atoms with Gasteiger partial charge in [0.05, 0.1) is 6.26 Å². The summed E-state index contributed by atoms with van der Waals surface area (Å²) in [6.07, 6.45) is 4.96. The fourth-order valence-electron chi connectivity index (χ4n) is 2.18. The van der Waals surface area contributed by atoms with Gasteiger partial charge < -0.3 is 9.73 Å². The number of furan rings is 1. The van der Waals surface area contributed by atoms with Gasteiger partial charge in [-0.2, -0.15) is 0 Å². The zero-order chi connectivity index (χ0) is 16.2. The molecule has 0 saturated heterocycles.